The third-order valence-electron chi connectivity index (χ3n) is 4.37. The Morgan fingerprint density at radius 1 is 1.24 bits per heavy atom. The van der Waals surface area contributed by atoms with Crippen LogP contribution < -0.4 is 5.32 Å². The van der Waals surface area contributed by atoms with E-state index in [1.807, 2.05) is 11.3 Å². The Balaban J connectivity index is 2.19. The molecule has 0 aliphatic heterocycles. The normalized spacial score (nSPS) is 18.2. The molecule has 0 amide bonds. The van der Waals surface area contributed by atoms with E-state index in [1.54, 1.807) is 5.57 Å². The monoisotopic (exact) mass is 305 g/mol. The lowest BCUT2D eigenvalue weighted by Gasteiger charge is -2.28. The van der Waals surface area contributed by atoms with Crippen LogP contribution in [0, 0.1) is 19.8 Å². The predicted molar refractivity (Wildman–Crippen MR) is 96.1 cm³/mol. The van der Waals surface area contributed by atoms with Crippen molar-refractivity contribution < 1.29 is 0 Å². The molecule has 0 aromatic carbocycles. The van der Waals surface area contributed by atoms with E-state index in [4.69, 9.17) is 0 Å². The summed E-state index contributed by atoms with van der Waals surface area (Å²) in [5.74, 6) is 0.785. The summed E-state index contributed by atoms with van der Waals surface area (Å²) >= 11 is 1.92. The van der Waals surface area contributed by atoms with Crippen LogP contribution in [0.1, 0.15) is 68.2 Å². The number of rotatable bonds is 4. The Labute approximate surface area is 134 Å². The maximum Gasteiger partial charge on any atom is 0.0175 e. The minimum Gasteiger partial charge on any atom is -0.308 e. The van der Waals surface area contributed by atoms with Gasteiger partial charge in [-0.05, 0) is 65.0 Å². The maximum absolute atomic E-state index is 3.70. The molecule has 1 nitrogen and oxygen atoms in total. The van der Waals surface area contributed by atoms with E-state index in [0.717, 1.165) is 12.5 Å². The molecule has 0 bridgehead atoms. The SMILES string of the molecule is Cc1cc(/C=C(/CNC(C)(C)C)C2CCCCC2)c(C)s1. The fourth-order valence-corrected chi connectivity index (χ4v) is 4.05. The molecule has 0 atom stereocenters. The molecular formula is C19H31NS. The van der Waals surface area contributed by atoms with Gasteiger partial charge in [-0.2, -0.15) is 0 Å². The van der Waals surface area contributed by atoms with E-state index >= 15 is 0 Å². The molecule has 1 aromatic rings. The molecule has 2 rings (SSSR count). The van der Waals surface area contributed by atoms with Crippen LogP contribution in [0.15, 0.2) is 11.6 Å². The van der Waals surface area contributed by atoms with Gasteiger partial charge < -0.3 is 5.32 Å². The molecule has 1 heterocycles. The van der Waals surface area contributed by atoms with E-state index in [1.165, 1.54) is 47.4 Å². The van der Waals surface area contributed by atoms with Crippen molar-refractivity contribution in [2.75, 3.05) is 6.54 Å². The summed E-state index contributed by atoms with van der Waals surface area (Å²) in [6.45, 7) is 12.3. The van der Waals surface area contributed by atoms with Crippen LogP contribution >= 0.6 is 11.3 Å². The van der Waals surface area contributed by atoms with Crippen molar-refractivity contribution in [3.63, 3.8) is 0 Å². The second-order valence-electron chi connectivity index (χ2n) is 7.53. The zero-order valence-corrected chi connectivity index (χ0v) is 15.2. The number of hydrogen-bond acceptors (Lipinski definition) is 2. The van der Waals surface area contributed by atoms with Crippen molar-refractivity contribution in [2.24, 2.45) is 5.92 Å². The van der Waals surface area contributed by atoms with Gasteiger partial charge in [0.25, 0.3) is 0 Å². The highest BCUT2D eigenvalue weighted by Gasteiger charge is 2.20. The number of aryl methyl sites for hydroxylation is 2. The first-order valence-electron chi connectivity index (χ1n) is 8.38. The average Bonchev–Trinajstić information content (AvgIpc) is 2.72. The highest BCUT2D eigenvalue weighted by Crippen LogP contribution is 2.32. The molecule has 1 N–H and O–H groups in total. The van der Waals surface area contributed by atoms with E-state index in [-0.39, 0.29) is 5.54 Å². The highest BCUT2D eigenvalue weighted by molar-refractivity contribution is 7.12. The quantitative estimate of drug-likeness (QED) is 0.750. The Hall–Kier alpha value is -0.600. The second kappa shape index (κ2) is 7.11. The van der Waals surface area contributed by atoms with Gasteiger partial charge in [0.2, 0.25) is 0 Å². The maximum atomic E-state index is 3.70. The Morgan fingerprint density at radius 2 is 1.90 bits per heavy atom. The minimum atomic E-state index is 0.188. The van der Waals surface area contributed by atoms with Gasteiger partial charge in [-0.1, -0.05) is 30.9 Å². The van der Waals surface area contributed by atoms with Crippen molar-refractivity contribution in [2.45, 2.75) is 72.3 Å². The van der Waals surface area contributed by atoms with Crippen LogP contribution in [0.3, 0.4) is 0 Å². The number of nitrogens with one attached hydrogen (secondary N) is 1. The molecule has 1 saturated carbocycles. The van der Waals surface area contributed by atoms with Crippen molar-refractivity contribution in [1.82, 2.24) is 5.32 Å². The van der Waals surface area contributed by atoms with Gasteiger partial charge in [-0.3, -0.25) is 0 Å². The molecule has 1 fully saturated rings. The van der Waals surface area contributed by atoms with E-state index in [0.29, 0.717) is 0 Å². The highest BCUT2D eigenvalue weighted by atomic mass is 32.1. The molecule has 1 aliphatic carbocycles. The van der Waals surface area contributed by atoms with Crippen LogP contribution in [0.2, 0.25) is 0 Å². The average molecular weight is 306 g/mol. The Kier molecular flexibility index (Phi) is 5.67. The van der Waals surface area contributed by atoms with Crippen molar-refractivity contribution in [1.29, 1.82) is 0 Å². The molecule has 0 unspecified atom stereocenters. The third kappa shape index (κ3) is 5.27. The van der Waals surface area contributed by atoms with E-state index < -0.39 is 0 Å². The molecule has 21 heavy (non-hydrogen) atoms. The number of thiophene rings is 1. The van der Waals surface area contributed by atoms with Crippen molar-refractivity contribution in [3.05, 3.63) is 27.0 Å². The molecular weight excluding hydrogens is 274 g/mol. The lowest BCUT2D eigenvalue weighted by atomic mass is 9.82. The topological polar surface area (TPSA) is 12.0 Å². The molecule has 0 radical (unpaired) electrons. The van der Waals surface area contributed by atoms with Gasteiger partial charge in [-0.25, -0.2) is 0 Å². The van der Waals surface area contributed by atoms with Gasteiger partial charge in [-0.15, -0.1) is 11.3 Å². The Bertz CT molecular complexity index is 484. The molecule has 2 heteroatoms. The van der Waals surface area contributed by atoms with Gasteiger partial charge in [0.15, 0.2) is 0 Å². The smallest absolute Gasteiger partial charge is 0.0175 e. The first-order valence-corrected chi connectivity index (χ1v) is 9.19. The fraction of sp³-hybridized carbons (Fsp3) is 0.684. The van der Waals surface area contributed by atoms with Crippen LogP contribution in [0.5, 0.6) is 0 Å². The van der Waals surface area contributed by atoms with Crippen LogP contribution in [0.4, 0.5) is 0 Å². The Morgan fingerprint density at radius 3 is 2.43 bits per heavy atom. The molecule has 0 spiro atoms. The van der Waals surface area contributed by atoms with Crippen molar-refractivity contribution >= 4 is 17.4 Å². The zero-order valence-electron chi connectivity index (χ0n) is 14.4. The lowest BCUT2D eigenvalue weighted by molar-refractivity contribution is 0.378. The molecule has 1 aromatic heterocycles. The van der Waals surface area contributed by atoms with Crippen LogP contribution in [-0.2, 0) is 0 Å². The van der Waals surface area contributed by atoms with Gasteiger partial charge >= 0.3 is 0 Å². The fourth-order valence-electron chi connectivity index (χ4n) is 3.15. The summed E-state index contributed by atoms with van der Waals surface area (Å²) in [6, 6.07) is 2.35. The van der Waals surface area contributed by atoms with Gasteiger partial charge in [0.1, 0.15) is 0 Å². The third-order valence-corrected chi connectivity index (χ3v) is 5.35. The summed E-state index contributed by atoms with van der Waals surface area (Å²) in [4.78, 5) is 2.88. The largest absolute Gasteiger partial charge is 0.308 e. The van der Waals surface area contributed by atoms with Crippen LogP contribution in [0.25, 0.3) is 6.08 Å². The lowest BCUT2D eigenvalue weighted by Crippen LogP contribution is -2.38. The standard InChI is InChI=1S/C19H31NS/c1-14-11-17(15(2)21-14)12-18(13-20-19(3,4)5)16-9-7-6-8-10-16/h11-12,16,20H,6-10,13H2,1-5H3/b18-12-. The molecule has 1 aliphatic rings. The summed E-state index contributed by atoms with van der Waals surface area (Å²) in [5.41, 5.74) is 3.24. The number of hydrogen-bond donors (Lipinski definition) is 1. The minimum absolute atomic E-state index is 0.188. The second-order valence-corrected chi connectivity index (χ2v) is 8.99. The first kappa shape index (κ1) is 16.8. The predicted octanol–water partition coefficient (Wildman–Crippen LogP) is 5.72. The summed E-state index contributed by atoms with van der Waals surface area (Å²) < 4.78 is 0. The summed E-state index contributed by atoms with van der Waals surface area (Å²) in [6.07, 6.45) is 9.46. The first-order chi connectivity index (χ1) is 9.85. The molecule has 118 valence electrons. The van der Waals surface area contributed by atoms with Gasteiger partial charge in [0.05, 0.1) is 0 Å². The summed E-state index contributed by atoms with van der Waals surface area (Å²) in [7, 11) is 0. The van der Waals surface area contributed by atoms with Gasteiger partial charge in [0, 0.05) is 21.8 Å². The van der Waals surface area contributed by atoms with E-state index in [9.17, 15) is 0 Å². The molecule has 0 saturated heterocycles. The van der Waals surface area contributed by atoms with Crippen LogP contribution in [-0.4, -0.2) is 12.1 Å². The summed E-state index contributed by atoms with van der Waals surface area (Å²) in [5, 5.41) is 3.70. The zero-order chi connectivity index (χ0) is 15.5. The van der Waals surface area contributed by atoms with E-state index in [2.05, 4.69) is 52.1 Å². The van der Waals surface area contributed by atoms with Crippen molar-refractivity contribution in [3.8, 4) is 0 Å².